The zero-order valence-corrected chi connectivity index (χ0v) is 20.1. The van der Waals surface area contributed by atoms with Crippen molar-refractivity contribution >= 4 is 27.8 Å². The van der Waals surface area contributed by atoms with E-state index in [2.05, 4.69) is 91.4 Å². The molecule has 34 heavy (non-hydrogen) atoms. The van der Waals surface area contributed by atoms with Crippen LogP contribution in [0.2, 0.25) is 0 Å². The largest absolute Gasteiger partial charge is 0.440 e. The van der Waals surface area contributed by atoms with Crippen LogP contribution in [0, 0.1) is 13.8 Å². The van der Waals surface area contributed by atoms with Crippen LogP contribution in [0.3, 0.4) is 0 Å². The van der Waals surface area contributed by atoms with E-state index in [1.807, 2.05) is 18.2 Å². The van der Waals surface area contributed by atoms with Crippen molar-refractivity contribution in [3.63, 3.8) is 0 Å². The van der Waals surface area contributed by atoms with Gasteiger partial charge in [0, 0.05) is 63.0 Å². The number of hydrogen-bond donors (Lipinski definition) is 0. The molecule has 170 valence electrons. The first kappa shape index (κ1) is 20.8. The fourth-order valence-corrected chi connectivity index (χ4v) is 6.28. The molecule has 0 aliphatic carbocycles. The normalized spacial score (nSPS) is 14.6. The molecule has 0 N–H and O–H groups in total. The van der Waals surface area contributed by atoms with Gasteiger partial charge in [-0.15, -0.1) is 0 Å². The molecule has 6 rings (SSSR count). The van der Waals surface area contributed by atoms with E-state index in [1.165, 1.54) is 0 Å². The Morgan fingerprint density at radius 3 is 1.71 bits per heavy atom. The lowest BCUT2D eigenvalue weighted by Crippen LogP contribution is -2.31. The molecule has 0 amide bonds. The van der Waals surface area contributed by atoms with E-state index in [0.29, 0.717) is 5.56 Å². The summed E-state index contributed by atoms with van der Waals surface area (Å²) in [5.41, 5.74) is 7.23. The average Bonchev–Trinajstić information content (AvgIpc) is 3.43. The Labute approximate surface area is 199 Å². The zero-order chi connectivity index (χ0) is 23.6. The minimum Gasteiger partial charge on any atom is -0.440 e. The summed E-state index contributed by atoms with van der Waals surface area (Å²) in [5.74, 6) is -0.268. The van der Waals surface area contributed by atoms with Gasteiger partial charge in [0.25, 0.3) is 0 Å². The van der Waals surface area contributed by atoms with Crippen molar-refractivity contribution in [2.24, 2.45) is 0 Å². The van der Waals surface area contributed by atoms with Crippen molar-refractivity contribution in [2.45, 2.75) is 46.4 Å². The van der Waals surface area contributed by atoms with Crippen molar-refractivity contribution in [2.75, 3.05) is 0 Å². The van der Waals surface area contributed by atoms with Gasteiger partial charge in [-0.25, -0.2) is 4.79 Å². The predicted molar refractivity (Wildman–Crippen MR) is 136 cm³/mol. The first-order valence-corrected chi connectivity index (χ1v) is 12.0. The first-order chi connectivity index (χ1) is 16.5. The number of esters is 1. The number of cyclic esters (lactones) is 1. The highest BCUT2D eigenvalue weighted by atomic mass is 16.6. The monoisotopic (exact) mass is 448 g/mol. The number of carbonyl (C=O) groups is 1. The average molecular weight is 449 g/mol. The summed E-state index contributed by atoms with van der Waals surface area (Å²) in [4.78, 5) is 13.4. The number of rotatable bonds is 4. The Bertz CT molecular complexity index is 1510. The van der Waals surface area contributed by atoms with Crippen LogP contribution in [-0.2, 0) is 23.4 Å². The highest BCUT2D eigenvalue weighted by Crippen LogP contribution is 2.53. The lowest BCUT2D eigenvalue weighted by molar-refractivity contribution is 0.0255. The number of aromatic nitrogens is 2. The van der Waals surface area contributed by atoms with E-state index in [4.69, 9.17) is 4.74 Å². The maximum absolute atomic E-state index is 13.4. The number of para-hydroxylation sites is 2. The van der Waals surface area contributed by atoms with Crippen LogP contribution in [0.1, 0.15) is 52.3 Å². The zero-order valence-electron chi connectivity index (χ0n) is 20.1. The predicted octanol–water partition coefficient (Wildman–Crippen LogP) is 6.71. The molecule has 1 aliphatic heterocycles. The Balaban J connectivity index is 1.86. The van der Waals surface area contributed by atoms with Crippen LogP contribution in [0.5, 0.6) is 0 Å². The number of aryl methyl sites for hydroxylation is 2. The Morgan fingerprint density at radius 1 is 0.706 bits per heavy atom. The Hall–Kier alpha value is -3.79. The van der Waals surface area contributed by atoms with Crippen LogP contribution < -0.4 is 0 Å². The molecule has 0 saturated heterocycles. The van der Waals surface area contributed by atoms with Gasteiger partial charge in [0.2, 0.25) is 0 Å². The summed E-state index contributed by atoms with van der Waals surface area (Å²) in [6.07, 6.45) is 0. The van der Waals surface area contributed by atoms with Gasteiger partial charge in [0.15, 0.2) is 5.60 Å². The second-order valence-electron chi connectivity index (χ2n) is 9.06. The third kappa shape index (κ3) is 2.46. The molecule has 3 aromatic carbocycles. The maximum Gasteiger partial charge on any atom is 0.340 e. The molecule has 0 radical (unpaired) electrons. The van der Waals surface area contributed by atoms with Gasteiger partial charge >= 0.3 is 5.97 Å². The Morgan fingerprint density at radius 2 is 1.18 bits per heavy atom. The highest BCUT2D eigenvalue weighted by Gasteiger charge is 2.53. The molecule has 1 aliphatic rings. The third-order valence-electron chi connectivity index (χ3n) is 7.57. The second kappa shape index (κ2) is 7.36. The second-order valence-corrected chi connectivity index (χ2v) is 9.06. The number of benzene rings is 3. The lowest BCUT2D eigenvalue weighted by Gasteiger charge is -2.31. The number of fused-ring (bicyclic) bond motifs is 3. The first-order valence-electron chi connectivity index (χ1n) is 12.0. The quantitative estimate of drug-likeness (QED) is 0.286. The fraction of sp³-hybridized carbons (Fsp3) is 0.233. The van der Waals surface area contributed by atoms with E-state index in [9.17, 15) is 4.79 Å². The van der Waals surface area contributed by atoms with E-state index >= 15 is 0 Å². The van der Waals surface area contributed by atoms with Gasteiger partial charge < -0.3 is 13.9 Å². The van der Waals surface area contributed by atoms with Gasteiger partial charge in [-0.2, -0.15) is 0 Å². The molecule has 4 nitrogen and oxygen atoms in total. The summed E-state index contributed by atoms with van der Waals surface area (Å²) in [7, 11) is 0. The fourth-order valence-electron chi connectivity index (χ4n) is 6.28. The summed E-state index contributed by atoms with van der Waals surface area (Å²) in [6.45, 7) is 10.3. The van der Waals surface area contributed by atoms with Crippen LogP contribution >= 0.6 is 0 Å². The van der Waals surface area contributed by atoms with E-state index < -0.39 is 5.60 Å². The molecular weight excluding hydrogens is 420 g/mol. The smallest absolute Gasteiger partial charge is 0.340 e. The van der Waals surface area contributed by atoms with E-state index in [-0.39, 0.29) is 5.97 Å². The standard InChI is InChI=1S/C30H28N2O2/c1-5-31-19(3)27(22-14-8-11-17-25(22)31)30(24-16-10-7-13-21(24)29(33)34-30)28-20(4)32(6-2)26-18-12-9-15-23(26)28/h7-18H,5-6H2,1-4H3. The number of ether oxygens (including phenoxy) is 1. The van der Waals surface area contributed by atoms with Crippen molar-refractivity contribution in [1.29, 1.82) is 0 Å². The maximum atomic E-state index is 13.4. The molecule has 3 heterocycles. The molecular formula is C30H28N2O2. The summed E-state index contributed by atoms with van der Waals surface area (Å²) in [5, 5.41) is 2.25. The molecule has 0 fully saturated rings. The molecule has 2 aromatic heterocycles. The summed E-state index contributed by atoms with van der Waals surface area (Å²) in [6, 6.07) is 24.8. The summed E-state index contributed by atoms with van der Waals surface area (Å²) >= 11 is 0. The van der Waals surface area contributed by atoms with Crippen LogP contribution in [0.4, 0.5) is 0 Å². The van der Waals surface area contributed by atoms with E-state index in [0.717, 1.165) is 63.0 Å². The third-order valence-corrected chi connectivity index (χ3v) is 7.57. The van der Waals surface area contributed by atoms with E-state index in [1.54, 1.807) is 0 Å². The van der Waals surface area contributed by atoms with Gasteiger partial charge in [0.05, 0.1) is 5.56 Å². The molecule has 0 unspecified atom stereocenters. The minimum absolute atomic E-state index is 0.268. The number of carbonyl (C=O) groups excluding carboxylic acids is 1. The number of nitrogens with zero attached hydrogens (tertiary/aromatic N) is 2. The van der Waals surface area contributed by atoms with Crippen LogP contribution in [0.25, 0.3) is 21.8 Å². The van der Waals surface area contributed by atoms with Crippen LogP contribution in [0.15, 0.2) is 72.8 Å². The molecule has 0 spiro atoms. The van der Waals surface area contributed by atoms with Crippen molar-refractivity contribution < 1.29 is 9.53 Å². The minimum atomic E-state index is -1.03. The summed E-state index contributed by atoms with van der Waals surface area (Å²) < 4.78 is 11.3. The van der Waals surface area contributed by atoms with Gasteiger partial charge in [-0.3, -0.25) is 0 Å². The Kier molecular flexibility index (Phi) is 4.50. The molecule has 0 bridgehead atoms. The molecule has 0 saturated carbocycles. The highest BCUT2D eigenvalue weighted by molar-refractivity contribution is 6.01. The van der Waals surface area contributed by atoms with Gasteiger partial charge in [-0.1, -0.05) is 54.6 Å². The van der Waals surface area contributed by atoms with Gasteiger partial charge in [0.1, 0.15) is 0 Å². The van der Waals surface area contributed by atoms with Crippen molar-refractivity contribution in [1.82, 2.24) is 9.13 Å². The number of hydrogen-bond acceptors (Lipinski definition) is 2. The van der Waals surface area contributed by atoms with Crippen molar-refractivity contribution in [3.8, 4) is 0 Å². The topological polar surface area (TPSA) is 36.2 Å². The van der Waals surface area contributed by atoms with Gasteiger partial charge in [-0.05, 0) is 45.9 Å². The van der Waals surface area contributed by atoms with Crippen LogP contribution in [-0.4, -0.2) is 15.1 Å². The molecule has 4 heteroatoms. The molecule has 5 aromatic rings. The lowest BCUT2D eigenvalue weighted by atomic mass is 9.77. The SMILES string of the molecule is CCn1c(C)c(C2(c3c(C)n(CC)c4ccccc34)OC(=O)c3ccccc32)c2ccccc21. The molecule has 0 atom stereocenters. The van der Waals surface area contributed by atoms with Crippen molar-refractivity contribution in [3.05, 3.63) is 106 Å².